The van der Waals surface area contributed by atoms with Crippen LogP contribution in [-0.2, 0) is 9.53 Å². The third-order valence-electron chi connectivity index (χ3n) is 4.23. The van der Waals surface area contributed by atoms with Gasteiger partial charge < -0.3 is 9.84 Å². The molecule has 2 rings (SSSR count). The van der Waals surface area contributed by atoms with Crippen LogP contribution in [-0.4, -0.2) is 40.3 Å². The van der Waals surface area contributed by atoms with E-state index in [1.54, 1.807) is 20.8 Å². The molecule has 5 heteroatoms. The van der Waals surface area contributed by atoms with E-state index >= 15 is 0 Å². The molecule has 1 saturated carbocycles. The average molecular weight is 269 g/mol. The van der Waals surface area contributed by atoms with Gasteiger partial charge in [-0.25, -0.2) is 9.59 Å². The Kier molecular flexibility index (Phi) is 3.27. The van der Waals surface area contributed by atoms with E-state index in [0.717, 1.165) is 12.8 Å². The van der Waals surface area contributed by atoms with Gasteiger partial charge in [0, 0.05) is 6.54 Å². The summed E-state index contributed by atoms with van der Waals surface area (Å²) in [7, 11) is 0. The van der Waals surface area contributed by atoms with Crippen molar-refractivity contribution < 1.29 is 19.4 Å². The number of carbonyl (C=O) groups excluding carboxylic acids is 1. The number of hydrogen-bond acceptors (Lipinski definition) is 3. The molecule has 1 aliphatic heterocycles. The van der Waals surface area contributed by atoms with Gasteiger partial charge in [0.25, 0.3) is 0 Å². The normalized spacial score (nSPS) is 33.6. The molecule has 2 fully saturated rings. The third-order valence-corrected chi connectivity index (χ3v) is 4.23. The zero-order chi connectivity index (χ0) is 14.4. The van der Waals surface area contributed by atoms with Crippen LogP contribution in [0.25, 0.3) is 0 Å². The Bertz CT molecular complexity index is 401. The Hall–Kier alpha value is -1.26. The molecule has 5 nitrogen and oxygen atoms in total. The van der Waals surface area contributed by atoms with Crippen molar-refractivity contribution in [1.29, 1.82) is 0 Å². The second-order valence-corrected chi connectivity index (χ2v) is 6.84. The Balaban J connectivity index is 2.10. The van der Waals surface area contributed by atoms with Crippen LogP contribution >= 0.6 is 0 Å². The molecule has 0 radical (unpaired) electrons. The second-order valence-electron chi connectivity index (χ2n) is 6.84. The zero-order valence-corrected chi connectivity index (χ0v) is 12.1. The standard InChI is InChI=1S/C14H23NO4/c1-5-9-6-14(9)7-10(11(16)17)15(8-14)12(18)19-13(2,3)4/h9-10H,5-8H2,1-4H3,(H,16,17)/t9-,10-,14+/m0/s1. The van der Waals surface area contributed by atoms with Crippen LogP contribution in [0.4, 0.5) is 4.79 Å². The summed E-state index contributed by atoms with van der Waals surface area (Å²) in [6.07, 6.45) is 2.15. The molecule has 2 aliphatic rings. The number of rotatable bonds is 2. The van der Waals surface area contributed by atoms with E-state index in [1.165, 1.54) is 4.90 Å². The van der Waals surface area contributed by atoms with Crippen molar-refractivity contribution in [3.8, 4) is 0 Å². The highest BCUT2D eigenvalue weighted by Crippen LogP contribution is 2.61. The average Bonchev–Trinajstić information content (AvgIpc) is 2.76. The van der Waals surface area contributed by atoms with E-state index in [0.29, 0.717) is 18.9 Å². The van der Waals surface area contributed by atoms with Crippen molar-refractivity contribution in [3.63, 3.8) is 0 Å². The minimum atomic E-state index is -0.926. The fourth-order valence-corrected chi connectivity index (χ4v) is 3.20. The Labute approximate surface area is 113 Å². The molecule has 1 amide bonds. The number of ether oxygens (including phenoxy) is 1. The molecule has 0 unspecified atom stereocenters. The summed E-state index contributed by atoms with van der Waals surface area (Å²) in [5, 5.41) is 9.30. The van der Waals surface area contributed by atoms with Crippen molar-refractivity contribution in [3.05, 3.63) is 0 Å². The maximum absolute atomic E-state index is 12.1. The fourth-order valence-electron chi connectivity index (χ4n) is 3.20. The molecule has 108 valence electrons. The second kappa shape index (κ2) is 4.39. The van der Waals surface area contributed by atoms with Gasteiger partial charge in [-0.2, -0.15) is 0 Å². The number of likely N-dealkylation sites (tertiary alicyclic amines) is 1. The number of amides is 1. The van der Waals surface area contributed by atoms with Crippen LogP contribution in [0.1, 0.15) is 47.0 Å². The molecule has 1 aliphatic carbocycles. The number of nitrogens with zero attached hydrogens (tertiary/aromatic N) is 1. The number of carboxylic acid groups (broad SMARTS) is 1. The molecular formula is C14H23NO4. The first-order valence-corrected chi connectivity index (χ1v) is 6.91. The number of carbonyl (C=O) groups is 2. The summed E-state index contributed by atoms with van der Waals surface area (Å²) in [6.45, 7) is 8.01. The van der Waals surface area contributed by atoms with Gasteiger partial charge in [-0.1, -0.05) is 13.3 Å². The van der Waals surface area contributed by atoms with Crippen LogP contribution < -0.4 is 0 Å². The van der Waals surface area contributed by atoms with Crippen LogP contribution in [0.3, 0.4) is 0 Å². The Morgan fingerprint density at radius 3 is 2.42 bits per heavy atom. The molecular weight excluding hydrogens is 246 g/mol. The van der Waals surface area contributed by atoms with Crippen LogP contribution in [0.2, 0.25) is 0 Å². The van der Waals surface area contributed by atoms with Crippen LogP contribution in [0, 0.1) is 11.3 Å². The van der Waals surface area contributed by atoms with Gasteiger partial charge in [-0.05, 0) is 44.9 Å². The number of aliphatic carboxylic acids is 1. The lowest BCUT2D eigenvalue weighted by Gasteiger charge is -2.26. The van der Waals surface area contributed by atoms with E-state index in [1.807, 2.05) is 0 Å². The smallest absolute Gasteiger partial charge is 0.411 e. The van der Waals surface area contributed by atoms with Gasteiger partial charge in [0.1, 0.15) is 11.6 Å². The molecule has 1 N–H and O–H groups in total. The first kappa shape index (κ1) is 14.2. The van der Waals surface area contributed by atoms with Gasteiger partial charge in [0.05, 0.1) is 0 Å². The lowest BCUT2D eigenvalue weighted by atomic mass is 9.99. The van der Waals surface area contributed by atoms with Crippen molar-refractivity contribution >= 4 is 12.1 Å². The Morgan fingerprint density at radius 2 is 2.00 bits per heavy atom. The van der Waals surface area contributed by atoms with Crippen molar-refractivity contribution in [2.45, 2.75) is 58.6 Å². The van der Waals surface area contributed by atoms with Gasteiger partial charge >= 0.3 is 12.1 Å². The predicted molar refractivity (Wildman–Crippen MR) is 69.8 cm³/mol. The predicted octanol–water partition coefficient (Wildman–Crippen LogP) is 2.50. The van der Waals surface area contributed by atoms with E-state index < -0.39 is 23.7 Å². The molecule has 1 spiro atoms. The van der Waals surface area contributed by atoms with E-state index in [4.69, 9.17) is 4.74 Å². The van der Waals surface area contributed by atoms with E-state index in [-0.39, 0.29) is 5.41 Å². The monoisotopic (exact) mass is 269 g/mol. The SMILES string of the molecule is CC[C@H]1C[C@]12C[C@@H](C(=O)O)N(C(=O)OC(C)(C)C)C2. The van der Waals surface area contributed by atoms with Crippen molar-refractivity contribution in [2.24, 2.45) is 11.3 Å². The van der Waals surface area contributed by atoms with Gasteiger partial charge in [0.15, 0.2) is 0 Å². The summed E-state index contributed by atoms with van der Waals surface area (Å²) >= 11 is 0. The van der Waals surface area contributed by atoms with Crippen LogP contribution in [0.5, 0.6) is 0 Å². The van der Waals surface area contributed by atoms with Gasteiger partial charge in [0.2, 0.25) is 0 Å². The molecule has 0 aromatic heterocycles. The van der Waals surface area contributed by atoms with Gasteiger partial charge in [-0.15, -0.1) is 0 Å². The fraction of sp³-hybridized carbons (Fsp3) is 0.857. The Morgan fingerprint density at radius 1 is 1.37 bits per heavy atom. The summed E-state index contributed by atoms with van der Waals surface area (Å²) in [6, 6.07) is -0.730. The highest BCUT2D eigenvalue weighted by molar-refractivity contribution is 5.81. The van der Waals surface area contributed by atoms with Crippen molar-refractivity contribution in [1.82, 2.24) is 4.90 Å². The number of hydrogen-bond donors (Lipinski definition) is 1. The molecule has 0 bridgehead atoms. The van der Waals surface area contributed by atoms with E-state index in [2.05, 4.69) is 6.92 Å². The van der Waals surface area contributed by atoms with E-state index in [9.17, 15) is 14.7 Å². The summed E-state index contributed by atoms with van der Waals surface area (Å²) in [5.74, 6) is -0.369. The molecule has 1 heterocycles. The maximum Gasteiger partial charge on any atom is 0.411 e. The highest BCUT2D eigenvalue weighted by atomic mass is 16.6. The molecule has 0 aromatic rings. The summed E-state index contributed by atoms with van der Waals surface area (Å²) in [5.41, 5.74) is -0.557. The minimum Gasteiger partial charge on any atom is -0.480 e. The summed E-state index contributed by atoms with van der Waals surface area (Å²) in [4.78, 5) is 24.9. The topological polar surface area (TPSA) is 66.8 Å². The largest absolute Gasteiger partial charge is 0.480 e. The van der Waals surface area contributed by atoms with Crippen molar-refractivity contribution in [2.75, 3.05) is 6.54 Å². The third kappa shape index (κ3) is 2.69. The maximum atomic E-state index is 12.1. The molecule has 0 aromatic carbocycles. The lowest BCUT2D eigenvalue weighted by Crippen LogP contribution is -2.43. The number of carboxylic acids is 1. The molecule has 3 atom stereocenters. The van der Waals surface area contributed by atoms with Gasteiger partial charge in [-0.3, -0.25) is 4.90 Å². The first-order valence-electron chi connectivity index (χ1n) is 6.91. The summed E-state index contributed by atoms with van der Waals surface area (Å²) < 4.78 is 5.32. The lowest BCUT2D eigenvalue weighted by molar-refractivity contribution is -0.142. The molecule has 1 saturated heterocycles. The zero-order valence-electron chi connectivity index (χ0n) is 12.1. The first-order chi connectivity index (χ1) is 8.68. The van der Waals surface area contributed by atoms with Crippen LogP contribution in [0.15, 0.2) is 0 Å². The minimum absolute atomic E-state index is 0.0364. The quantitative estimate of drug-likeness (QED) is 0.836. The molecule has 19 heavy (non-hydrogen) atoms. The highest BCUT2D eigenvalue weighted by Gasteiger charge is 2.61.